The summed E-state index contributed by atoms with van der Waals surface area (Å²) in [7, 11) is 0. The lowest BCUT2D eigenvalue weighted by atomic mass is 10.1. The van der Waals surface area contributed by atoms with Gasteiger partial charge in [-0.2, -0.15) is 0 Å². The van der Waals surface area contributed by atoms with Gasteiger partial charge in [0.05, 0.1) is 0 Å². The fourth-order valence-corrected chi connectivity index (χ4v) is 1.49. The second kappa shape index (κ2) is 7.36. The summed E-state index contributed by atoms with van der Waals surface area (Å²) in [5.74, 6) is -0.534. The maximum Gasteiger partial charge on any atom is 0.328 e. The molecule has 4 nitrogen and oxygen atoms in total. The van der Waals surface area contributed by atoms with Gasteiger partial charge in [-0.25, -0.2) is 4.79 Å². The van der Waals surface area contributed by atoms with E-state index >= 15 is 0 Å². The van der Waals surface area contributed by atoms with Crippen molar-refractivity contribution in [3.8, 4) is 0 Å². The van der Waals surface area contributed by atoms with E-state index in [1.54, 1.807) is 24.3 Å². The Morgan fingerprint density at radius 3 is 2.42 bits per heavy atom. The Labute approximate surface area is 113 Å². The highest BCUT2D eigenvalue weighted by atomic mass is 16.4. The molecule has 0 aliphatic carbocycles. The van der Waals surface area contributed by atoms with Crippen LogP contribution in [0.15, 0.2) is 30.3 Å². The topological polar surface area (TPSA) is 66.4 Å². The van der Waals surface area contributed by atoms with Gasteiger partial charge in [0.25, 0.3) is 5.91 Å². The van der Waals surface area contributed by atoms with Crippen LogP contribution >= 0.6 is 0 Å². The molecule has 1 rings (SSSR count). The minimum atomic E-state index is -0.990. The molecule has 0 spiro atoms. The number of carbonyl (C=O) groups is 2. The van der Waals surface area contributed by atoms with Crippen molar-refractivity contribution < 1.29 is 14.7 Å². The summed E-state index contributed by atoms with van der Waals surface area (Å²) in [6.45, 7) is 4.88. The van der Waals surface area contributed by atoms with E-state index in [-0.39, 0.29) is 5.91 Å². The van der Waals surface area contributed by atoms with Crippen LogP contribution in [0.2, 0.25) is 0 Å². The van der Waals surface area contributed by atoms with Gasteiger partial charge in [-0.3, -0.25) is 4.79 Å². The molecule has 0 aromatic heterocycles. The maximum absolute atomic E-state index is 11.8. The van der Waals surface area contributed by atoms with Crippen LogP contribution < -0.4 is 5.32 Å². The second-order valence-corrected chi connectivity index (χ2v) is 4.73. The van der Waals surface area contributed by atoms with Crippen molar-refractivity contribution in [2.75, 3.05) is 6.54 Å². The maximum atomic E-state index is 11.8. The Kier molecular flexibility index (Phi) is 5.79. The fourth-order valence-electron chi connectivity index (χ4n) is 1.49. The van der Waals surface area contributed by atoms with Crippen molar-refractivity contribution in [2.45, 2.75) is 20.3 Å². The van der Waals surface area contributed by atoms with Gasteiger partial charge in [-0.1, -0.05) is 26.0 Å². The smallest absolute Gasteiger partial charge is 0.328 e. The van der Waals surface area contributed by atoms with Gasteiger partial charge in [0.2, 0.25) is 0 Å². The predicted octanol–water partition coefficient (Wildman–Crippen LogP) is 2.56. The number of amides is 1. The van der Waals surface area contributed by atoms with E-state index < -0.39 is 5.97 Å². The zero-order valence-corrected chi connectivity index (χ0v) is 11.2. The monoisotopic (exact) mass is 261 g/mol. The number of carboxylic acid groups (broad SMARTS) is 1. The summed E-state index contributed by atoms with van der Waals surface area (Å²) in [5, 5.41) is 11.4. The molecule has 0 radical (unpaired) electrons. The Balaban J connectivity index is 2.55. The minimum absolute atomic E-state index is 0.102. The van der Waals surface area contributed by atoms with Crippen molar-refractivity contribution in [2.24, 2.45) is 5.92 Å². The molecule has 1 aromatic carbocycles. The molecule has 2 N–H and O–H groups in total. The minimum Gasteiger partial charge on any atom is -0.478 e. The molecule has 1 amide bonds. The van der Waals surface area contributed by atoms with E-state index in [2.05, 4.69) is 19.2 Å². The molecule has 0 unspecified atom stereocenters. The van der Waals surface area contributed by atoms with Crippen LogP contribution in [-0.2, 0) is 4.79 Å². The molecule has 19 heavy (non-hydrogen) atoms. The van der Waals surface area contributed by atoms with Crippen molar-refractivity contribution in [1.82, 2.24) is 5.32 Å². The van der Waals surface area contributed by atoms with E-state index in [1.165, 1.54) is 6.08 Å². The van der Waals surface area contributed by atoms with E-state index in [9.17, 15) is 9.59 Å². The average Bonchev–Trinajstić information content (AvgIpc) is 2.36. The summed E-state index contributed by atoms with van der Waals surface area (Å²) < 4.78 is 0. The first-order valence-electron chi connectivity index (χ1n) is 6.28. The molecule has 0 saturated heterocycles. The lowest BCUT2D eigenvalue weighted by Crippen LogP contribution is -2.25. The van der Waals surface area contributed by atoms with Crippen LogP contribution in [0.3, 0.4) is 0 Å². The average molecular weight is 261 g/mol. The molecule has 102 valence electrons. The standard InChI is InChI=1S/C15H19NO3/c1-11(2)9-10-16-15(19)13-6-3-12(4-7-13)5-8-14(17)18/h3-8,11H,9-10H2,1-2H3,(H,16,19)(H,17,18). The summed E-state index contributed by atoms with van der Waals surface area (Å²) in [6.07, 6.45) is 3.51. The van der Waals surface area contributed by atoms with Gasteiger partial charge >= 0.3 is 5.97 Å². The summed E-state index contributed by atoms with van der Waals surface area (Å²) in [6, 6.07) is 6.81. The third kappa shape index (κ3) is 5.86. The molecule has 0 aliphatic rings. The van der Waals surface area contributed by atoms with E-state index in [0.29, 0.717) is 18.0 Å². The molecule has 0 saturated carbocycles. The van der Waals surface area contributed by atoms with E-state index in [0.717, 1.165) is 18.1 Å². The Bertz CT molecular complexity index is 461. The number of benzene rings is 1. The first kappa shape index (κ1) is 15.0. The molecule has 1 aromatic rings. The van der Waals surface area contributed by atoms with Gasteiger partial charge in [0.1, 0.15) is 0 Å². The fraction of sp³-hybridized carbons (Fsp3) is 0.333. The van der Waals surface area contributed by atoms with E-state index in [1.807, 2.05) is 0 Å². The predicted molar refractivity (Wildman–Crippen MR) is 74.9 cm³/mol. The van der Waals surface area contributed by atoms with Gasteiger partial charge in [-0.15, -0.1) is 0 Å². The molecular formula is C15H19NO3. The van der Waals surface area contributed by atoms with Crippen molar-refractivity contribution >= 4 is 18.0 Å². The number of carbonyl (C=O) groups excluding carboxylic acids is 1. The molecule has 0 bridgehead atoms. The Hall–Kier alpha value is -2.10. The van der Waals surface area contributed by atoms with Gasteiger partial charge in [0, 0.05) is 18.2 Å². The summed E-state index contributed by atoms with van der Waals surface area (Å²) in [4.78, 5) is 22.2. The molecule has 0 atom stereocenters. The largest absolute Gasteiger partial charge is 0.478 e. The summed E-state index contributed by atoms with van der Waals surface area (Å²) in [5.41, 5.74) is 1.33. The van der Waals surface area contributed by atoms with E-state index in [4.69, 9.17) is 5.11 Å². The lowest BCUT2D eigenvalue weighted by molar-refractivity contribution is -0.131. The lowest BCUT2D eigenvalue weighted by Gasteiger charge is -2.07. The van der Waals surface area contributed by atoms with Gasteiger partial charge < -0.3 is 10.4 Å². The van der Waals surface area contributed by atoms with Crippen LogP contribution in [0.4, 0.5) is 0 Å². The van der Waals surface area contributed by atoms with Crippen LogP contribution in [0.1, 0.15) is 36.2 Å². The Morgan fingerprint density at radius 2 is 1.89 bits per heavy atom. The molecule has 0 fully saturated rings. The number of nitrogens with one attached hydrogen (secondary N) is 1. The molecule has 0 aliphatic heterocycles. The molecular weight excluding hydrogens is 242 g/mol. The highest BCUT2D eigenvalue weighted by Crippen LogP contribution is 2.06. The molecule has 4 heteroatoms. The number of rotatable bonds is 6. The number of carboxylic acids is 1. The second-order valence-electron chi connectivity index (χ2n) is 4.73. The van der Waals surface area contributed by atoms with Gasteiger partial charge in [0.15, 0.2) is 0 Å². The normalized spacial score (nSPS) is 10.9. The zero-order valence-electron chi connectivity index (χ0n) is 11.2. The SMILES string of the molecule is CC(C)CCNC(=O)c1ccc(C=CC(=O)O)cc1. The van der Waals surface area contributed by atoms with Crippen molar-refractivity contribution in [3.63, 3.8) is 0 Å². The first-order valence-corrected chi connectivity index (χ1v) is 6.28. The number of aliphatic carboxylic acids is 1. The van der Waals surface area contributed by atoms with Crippen molar-refractivity contribution in [1.29, 1.82) is 0 Å². The highest BCUT2D eigenvalue weighted by molar-refractivity contribution is 5.94. The third-order valence-electron chi connectivity index (χ3n) is 2.60. The van der Waals surface area contributed by atoms with Crippen molar-refractivity contribution in [3.05, 3.63) is 41.5 Å². The summed E-state index contributed by atoms with van der Waals surface area (Å²) >= 11 is 0. The third-order valence-corrected chi connectivity index (χ3v) is 2.60. The van der Waals surface area contributed by atoms with Crippen LogP contribution in [0.5, 0.6) is 0 Å². The van der Waals surface area contributed by atoms with Crippen LogP contribution in [0.25, 0.3) is 6.08 Å². The number of hydrogen-bond donors (Lipinski definition) is 2. The van der Waals surface area contributed by atoms with Gasteiger partial charge in [-0.05, 0) is 36.1 Å². The number of hydrogen-bond acceptors (Lipinski definition) is 2. The quantitative estimate of drug-likeness (QED) is 0.773. The van der Waals surface area contributed by atoms with Crippen LogP contribution in [-0.4, -0.2) is 23.5 Å². The van der Waals surface area contributed by atoms with Crippen LogP contribution in [0, 0.1) is 5.92 Å². The Morgan fingerprint density at radius 1 is 1.26 bits per heavy atom. The first-order chi connectivity index (χ1) is 8.99. The highest BCUT2D eigenvalue weighted by Gasteiger charge is 2.04. The zero-order chi connectivity index (χ0) is 14.3. The molecule has 0 heterocycles.